The first-order valence-corrected chi connectivity index (χ1v) is 15.3. The topological polar surface area (TPSA) is 102 Å². The second-order valence-corrected chi connectivity index (χ2v) is 13.2. The van der Waals surface area contributed by atoms with E-state index in [0.29, 0.717) is 29.3 Å². The number of aliphatic hydroxyl groups is 1. The van der Waals surface area contributed by atoms with Crippen molar-refractivity contribution in [2.45, 2.75) is 44.2 Å². The zero-order chi connectivity index (χ0) is 31.2. The number of carbonyl (C=O) groups is 1. The number of hydrogen-bond donors (Lipinski definition) is 1. The van der Waals surface area contributed by atoms with Crippen LogP contribution in [0.15, 0.2) is 60.3 Å². The molecule has 230 valence electrons. The largest absolute Gasteiger partial charge is 0.465 e. The Morgan fingerprint density at radius 1 is 1.21 bits per heavy atom. The Bertz CT molecular complexity index is 1650. The second-order valence-electron chi connectivity index (χ2n) is 11.2. The van der Waals surface area contributed by atoms with E-state index in [2.05, 4.69) is 5.10 Å². The molecule has 0 amide bonds. The number of methoxy groups -OCH3 is 1. The van der Waals surface area contributed by atoms with Gasteiger partial charge in [0.2, 0.25) is 10.0 Å². The maximum Gasteiger partial charge on any atom is 0.415 e. The lowest BCUT2D eigenvalue weighted by molar-refractivity contribution is -0.205. The van der Waals surface area contributed by atoms with Gasteiger partial charge in [-0.1, -0.05) is 30.7 Å². The Hall–Kier alpha value is -3.55. The summed E-state index contributed by atoms with van der Waals surface area (Å²) in [6.07, 6.45) is -2.67. The van der Waals surface area contributed by atoms with Crippen LogP contribution in [-0.2, 0) is 26.9 Å². The highest BCUT2D eigenvalue weighted by atomic mass is 32.2. The van der Waals surface area contributed by atoms with Gasteiger partial charge < -0.3 is 9.84 Å². The summed E-state index contributed by atoms with van der Waals surface area (Å²) in [6.45, 7) is 0.531. The Balaban J connectivity index is 1.44. The predicted molar refractivity (Wildman–Crippen MR) is 150 cm³/mol. The summed E-state index contributed by atoms with van der Waals surface area (Å²) in [4.78, 5) is 12.2. The third-order valence-electron chi connectivity index (χ3n) is 8.56. The van der Waals surface area contributed by atoms with E-state index >= 15 is 0 Å². The van der Waals surface area contributed by atoms with Crippen LogP contribution in [0.3, 0.4) is 0 Å². The minimum absolute atomic E-state index is 0.0130. The third-order valence-corrected chi connectivity index (χ3v) is 10.3. The van der Waals surface area contributed by atoms with Crippen LogP contribution < -0.4 is 0 Å². The molecular weight excluding hydrogens is 590 g/mol. The maximum atomic E-state index is 13.7. The highest BCUT2D eigenvalue weighted by Crippen LogP contribution is 2.53. The molecular formula is C30H31F4N3O5S. The lowest BCUT2D eigenvalue weighted by Crippen LogP contribution is -2.47. The lowest BCUT2D eigenvalue weighted by Gasteiger charge is -2.38. The average Bonchev–Trinajstić information content (AvgIpc) is 3.50. The molecule has 0 saturated heterocycles. The molecule has 1 heterocycles. The van der Waals surface area contributed by atoms with Crippen LogP contribution in [0, 0.1) is 17.2 Å². The van der Waals surface area contributed by atoms with E-state index in [-0.39, 0.29) is 29.4 Å². The number of benzene rings is 2. The van der Waals surface area contributed by atoms with Gasteiger partial charge in [-0.25, -0.2) is 22.3 Å². The molecule has 3 atom stereocenters. The number of nitrogens with zero attached hydrogens (tertiary/aromatic N) is 3. The molecule has 2 aromatic carbocycles. The van der Waals surface area contributed by atoms with E-state index in [0.717, 1.165) is 23.9 Å². The molecule has 2 aliphatic carbocycles. The summed E-state index contributed by atoms with van der Waals surface area (Å²) in [5, 5.41) is 14.4. The van der Waals surface area contributed by atoms with Crippen molar-refractivity contribution >= 4 is 22.1 Å². The summed E-state index contributed by atoms with van der Waals surface area (Å²) in [5.41, 5.74) is 2.86. The fourth-order valence-corrected chi connectivity index (χ4v) is 7.70. The van der Waals surface area contributed by atoms with Gasteiger partial charge in [0.05, 0.1) is 36.0 Å². The van der Waals surface area contributed by atoms with Crippen molar-refractivity contribution in [1.29, 1.82) is 0 Å². The third kappa shape index (κ3) is 6.11. The molecule has 1 unspecified atom stereocenters. The first kappa shape index (κ1) is 30.9. The summed E-state index contributed by atoms with van der Waals surface area (Å²) >= 11 is 0. The molecule has 2 aliphatic rings. The van der Waals surface area contributed by atoms with Crippen LogP contribution >= 0.6 is 0 Å². The van der Waals surface area contributed by atoms with Crippen LogP contribution in [0.4, 0.5) is 17.6 Å². The van der Waals surface area contributed by atoms with Crippen molar-refractivity contribution in [2.75, 3.05) is 20.2 Å². The predicted octanol–water partition coefficient (Wildman–Crippen LogP) is 4.91. The van der Waals surface area contributed by atoms with E-state index < -0.39 is 46.0 Å². The smallest absolute Gasteiger partial charge is 0.415 e. The molecule has 1 saturated carbocycles. The average molecular weight is 622 g/mol. The summed E-state index contributed by atoms with van der Waals surface area (Å²) < 4.78 is 88.4. The Morgan fingerprint density at radius 2 is 1.91 bits per heavy atom. The molecule has 5 rings (SSSR count). The van der Waals surface area contributed by atoms with Crippen molar-refractivity contribution in [2.24, 2.45) is 11.3 Å². The Kier molecular flexibility index (Phi) is 8.27. The highest BCUT2D eigenvalue weighted by molar-refractivity contribution is 7.88. The molecule has 1 aromatic heterocycles. The first-order valence-electron chi connectivity index (χ1n) is 13.7. The SMILES string of the molecule is COC(=O)c1ccccc1CS(=O)(=O)N(CC(O)C(F)(F)F)C[C@H]1CCC2=Cc3c(cnn3-c3ccc(F)cc3)C[C@@]21C. The normalized spacial score (nSPS) is 20.8. The van der Waals surface area contributed by atoms with Crippen molar-refractivity contribution < 1.29 is 40.6 Å². The zero-order valence-electron chi connectivity index (χ0n) is 23.5. The van der Waals surface area contributed by atoms with Gasteiger partial charge in [-0.05, 0) is 78.1 Å². The maximum absolute atomic E-state index is 13.7. The van der Waals surface area contributed by atoms with Crippen molar-refractivity contribution in [3.63, 3.8) is 0 Å². The van der Waals surface area contributed by atoms with Gasteiger partial charge in [-0.2, -0.15) is 22.6 Å². The molecule has 3 aromatic rings. The number of aromatic nitrogens is 2. The van der Waals surface area contributed by atoms with E-state index in [1.807, 2.05) is 13.0 Å². The van der Waals surface area contributed by atoms with Gasteiger partial charge in [0, 0.05) is 13.1 Å². The number of aliphatic hydroxyl groups excluding tert-OH is 1. The molecule has 43 heavy (non-hydrogen) atoms. The minimum atomic E-state index is -5.03. The zero-order valence-corrected chi connectivity index (χ0v) is 24.3. The van der Waals surface area contributed by atoms with Crippen molar-refractivity contribution in [1.82, 2.24) is 14.1 Å². The molecule has 13 heteroatoms. The van der Waals surface area contributed by atoms with Crippen LogP contribution in [0.5, 0.6) is 0 Å². The fraction of sp³-hybridized carbons (Fsp3) is 0.400. The Morgan fingerprint density at radius 3 is 2.58 bits per heavy atom. The summed E-state index contributed by atoms with van der Waals surface area (Å²) in [5.74, 6) is -2.26. The van der Waals surface area contributed by atoms with Crippen LogP contribution in [0.1, 0.15) is 46.9 Å². The first-order chi connectivity index (χ1) is 20.2. The number of alkyl halides is 3. The highest BCUT2D eigenvalue weighted by Gasteiger charge is 2.48. The van der Waals surface area contributed by atoms with Gasteiger partial charge in [-0.15, -0.1) is 0 Å². The van der Waals surface area contributed by atoms with Gasteiger partial charge in [0.15, 0.2) is 6.10 Å². The van der Waals surface area contributed by atoms with E-state index in [9.17, 15) is 35.9 Å². The number of halogens is 4. The molecule has 1 N–H and O–H groups in total. The van der Waals surface area contributed by atoms with Crippen LogP contribution in [0.2, 0.25) is 0 Å². The molecule has 0 spiro atoms. The molecule has 1 fully saturated rings. The number of carbonyl (C=O) groups excluding carboxylic acids is 1. The van der Waals surface area contributed by atoms with Crippen LogP contribution in [0.25, 0.3) is 11.8 Å². The van der Waals surface area contributed by atoms with Crippen molar-refractivity contribution in [3.8, 4) is 5.69 Å². The number of esters is 1. The number of hydrogen-bond acceptors (Lipinski definition) is 6. The number of ether oxygens (including phenoxy) is 1. The van der Waals surface area contributed by atoms with E-state index in [4.69, 9.17) is 4.74 Å². The number of allylic oxidation sites excluding steroid dienone is 1. The summed E-state index contributed by atoms with van der Waals surface area (Å²) in [7, 11) is -3.30. The van der Waals surface area contributed by atoms with E-state index in [1.54, 1.807) is 23.0 Å². The summed E-state index contributed by atoms with van der Waals surface area (Å²) in [6, 6.07) is 11.7. The Labute approximate surface area is 246 Å². The standard InChI is InChI=1S/C30H31F4N3O5S/c1-29-14-20-15-35-37(24-11-9-23(31)10-12-24)26(20)13-21(29)7-8-22(29)16-36(17-27(38)30(32,33)34)43(40,41)18-19-5-3-4-6-25(19)28(39)42-2/h3-6,9-13,15,22,27,38H,7-8,14,16-18H2,1-2H3/t22-,27?,29+/m1/s1. The van der Waals surface area contributed by atoms with Gasteiger partial charge in [-0.3, -0.25) is 0 Å². The lowest BCUT2D eigenvalue weighted by atomic mass is 9.70. The monoisotopic (exact) mass is 621 g/mol. The molecule has 0 radical (unpaired) electrons. The number of sulfonamides is 1. The second kappa shape index (κ2) is 11.5. The molecule has 8 nitrogen and oxygen atoms in total. The molecule has 0 bridgehead atoms. The van der Waals surface area contributed by atoms with Gasteiger partial charge >= 0.3 is 12.1 Å². The quantitative estimate of drug-likeness (QED) is 0.269. The van der Waals surface area contributed by atoms with Gasteiger partial charge in [0.1, 0.15) is 5.82 Å². The molecule has 0 aliphatic heterocycles. The van der Waals surface area contributed by atoms with E-state index in [1.165, 1.54) is 36.4 Å². The minimum Gasteiger partial charge on any atom is -0.465 e. The van der Waals surface area contributed by atoms with Crippen LogP contribution in [-0.4, -0.2) is 66.1 Å². The van der Waals surface area contributed by atoms with Crippen molar-refractivity contribution in [3.05, 3.63) is 88.5 Å². The number of fused-ring (bicyclic) bond motifs is 2. The fourth-order valence-electron chi connectivity index (χ4n) is 6.10. The van der Waals surface area contributed by atoms with Gasteiger partial charge in [0.25, 0.3) is 0 Å². The number of rotatable bonds is 9.